The average Bonchev–Trinajstić information content (AvgIpc) is 2.94. The average molecular weight is 343 g/mol. The number of benzene rings is 1. The second-order valence-corrected chi connectivity index (χ2v) is 7.02. The van der Waals surface area contributed by atoms with E-state index >= 15 is 0 Å². The summed E-state index contributed by atoms with van der Waals surface area (Å²) in [6, 6.07) is 5.25. The Hall–Kier alpha value is -1.30. The van der Waals surface area contributed by atoms with Crippen molar-refractivity contribution in [3.8, 4) is 11.3 Å². The van der Waals surface area contributed by atoms with Crippen LogP contribution in [0.2, 0.25) is 10.0 Å². The third-order valence-corrected chi connectivity index (χ3v) is 4.60. The lowest BCUT2D eigenvalue weighted by Crippen LogP contribution is -2.42. The van der Waals surface area contributed by atoms with Gasteiger partial charge in [-0.25, -0.2) is 14.7 Å². The first-order chi connectivity index (χ1) is 9.88. The van der Waals surface area contributed by atoms with E-state index in [1.807, 2.05) is 25.3 Å². The third kappa shape index (κ3) is 2.61. The molecule has 1 aliphatic heterocycles. The lowest BCUT2D eigenvalue weighted by atomic mass is 10.1. The standard InChI is InChI=1S/C14H12Cl2N2O2S/c1-14(2)7-20-13(19)18(14)12-17-11(6-21-12)9-4-3-8(15)5-10(9)16/h3-6H,7H2,1-2H3. The molecule has 1 saturated heterocycles. The number of hydrogen-bond acceptors (Lipinski definition) is 4. The molecule has 0 saturated carbocycles. The molecule has 0 N–H and O–H groups in total. The molecule has 0 radical (unpaired) electrons. The van der Waals surface area contributed by atoms with Crippen LogP contribution in [-0.4, -0.2) is 23.2 Å². The largest absolute Gasteiger partial charge is 0.447 e. The van der Waals surface area contributed by atoms with Crippen LogP contribution in [0.4, 0.5) is 9.93 Å². The molecule has 1 fully saturated rings. The first kappa shape index (κ1) is 14.6. The molecule has 1 amide bonds. The topological polar surface area (TPSA) is 42.4 Å². The van der Waals surface area contributed by atoms with E-state index in [9.17, 15) is 4.79 Å². The fourth-order valence-electron chi connectivity index (χ4n) is 2.14. The summed E-state index contributed by atoms with van der Waals surface area (Å²) in [7, 11) is 0. The van der Waals surface area contributed by atoms with Crippen LogP contribution in [0.1, 0.15) is 13.8 Å². The zero-order valence-corrected chi connectivity index (χ0v) is 13.7. The summed E-state index contributed by atoms with van der Waals surface area (Å²) in [5.41, 5.74) is 1.09. The Morgan fingerprint density at radius 3 is 2.76 bits per heavy atom. The Kier molecular flexibility index (Phi) is 3.59. The van der Waals surface area contributed by atoms with Crippen LogP contribution in [0.15, 0.2) is 23.6 Å². The monoisotopic (exact) mass is 342 g/mol. The van der Waals surface area contributed by atoms with Gasteiger partial charge in [-0.05, 0) is 32.0 Å². The number of aromatic nitrogens is 1. The molecular weight excluding hydrogens is 331 g/mol. The fourth-order valence-corrected chi connectivity index (χ4v) is 3.62. The van der Waals surface area contributed by atoms with Crippen LogP contribution < -0.4 is 4.90 Å². The molecule has 0 atom stereocenters. The Morgan fingerprint density at radius 1 is 1.38 bits per heavy atom. The third-order valence-electron chi connectivity index (χ3n) is 3.23. The predicted octanol–water partition coefficient (Wildman–Crippen LogP) is 4.85. The van der Waals surface area contributed by atoms with E-state index in [0.29, 0.717) is 27.5 Å². The maximum atomic E-state index is 11.9. The highest BCUT2D eigenvalue weighted by atomic mass is 35.5. The van der Waals surface area contributed by atoms with Gasteiger partial charge in [0.05, 0.1) is 16.3 Å². The fraction of sp³-hybridized carbons (Fsp3) is 0.286. The second-order valence-electron chi connectivity index (χ2n) is 5.34. The van der Waals surface area contributed by atoms with Crippen molar-refractivity contribution in [2.45, 2.75) is 19.4 Å². The van der Waals surface area contributed by atoms with Crippen molar-refractivity contribution in [3.63, 3.8) is 0 Å². The van der Waals surface area contributed by atoms with E-state index in [1.165, 1.54) is 11.3 Å². The highest BCUT2D eigenvalue weighted by molar-refractivity contribution is 7.14. The quantitative estimate of drug-likeness (QED) is 0.783. The molecule has 2 aromatic rings. The van der Waals surface area contributed by atoms with Crippen molar-refractivity contribution in [3.05, 3.63) is 33.6 Å². The van der Waals surface area contributed by atoms with E-state index in [0.717, 1.165) is 5.56 Å². The first-order valence-electron chi connectivity index (χ1n) is 6.26. The second kappa shape index (κ2) is 5.16. The lowest BCUT2D eigenvalue weighted by Gasteiger charge is -2.24. The molecule has 3 rings (SSSR count). The number of carbonyl (C=O) groups is 1. The molecule has 1 aromatic carbocycles. The maximum Gasteiger partial charge on any atom is 0.416 e. The summed E-state index contributed by atoms with van der Waals surface area (Å²) in [4.78, 5) is 18.0. The molecular formula is C14H12Cl2N2O2S. The van der Waals surface area contributed by atoms with Gasteiger partial charge < -0.3 is 4.74 Å². The molecule has 0 spiro atoms. The maximum absolute atomic E-state index is 11.9. The van der Waals surface area contributed by atoms with Gasteiger partial charge in [-0.2, -0.15) is 0 Å². The Balaban J connectivity index is 1.99. The van der Waals surface area contributed by atoms with E-state index in [-0.39, 0.29) is 6.09 Å². The highest BCUT2D eigenvalue weighted by Crippen LogP contribution is 2.37. The summed E-state index contributed by atoms with van der Waals surface area (Å²) in [6.07, 6.45) is -0.372. The van der Waals surface area contributed by atoms with Crippen LogP contribution in [0, 0.1) is 0 Å². The van der Waals surface area contributed by atoms with Gasteiger partial charge in [-0.15, -0.1) is 11.3 Å². The lowest BCUT2D eigenvalue weighted by molar-refractivity contribution is 0.175. The normalized spacial score (nSPS) is 17.1. The highest BCUT2D eigenvalue weighted by Gasteiger charge is 2.42. The molecule has 1 aromatic heterocycles. The number of anilines is 1. The predicted molar refractivity (Wildman–Crippen MR) is 85.5 cm³/mol. The minimum atomic E-state index is -0.407. The van der Waals surface area contributed by atoms with Gasteiger partial charge in [0.15, 0.2) is 5.13 Å². The molecule has 110 valence electrons. The number of thiazole rings is 1. The van der Waals surface area contributed by atoms with E-state index in [1.54, 1.807) is 17.0 Å². The van der Waals surface area contributed by atoms with Gasteiger partial charge in [0.1, 0.15) is 6.61 Å². The summed E-state index contributed by atoms with van der Waals surface area (Å²) in [5, 5.41) is 3.57. The summed E-state index contributed by atoms with van der Waals surface area (Å²) in [5.74, 6) is 0. The minimum Gasteiger partial charge on any atom is -0.447 e. The zero-order chi connectivity index (χ0) is 15.2. The van der Waals surface area contributed by atoms with Crippen LogP contribution in [0.5, 0.6) is 0 Å². The van der Waals surface area contributed by atoms with Gasteiger partial charge in [0.2, 0.25) is 0 Å². The summed E-state index contributed by atoms with van der Waals surface area (Å²) >= 11 is 13.5. The van der Waals surface area contributed by atoms with Crippen molar-refractivity contribution in [2.75, 3.05) is 11.5 Å². The van der Waals surface area contributed by atoms with E-state index in [4.69, 9.17) is 27.9 Å². The zero-order valence-electron chi connectivity index (χ0n) is 11.4. The Morgan fingerprint density at radius 2 is 2.14 bits per heavy atom. The molecule has 4 nitrogen and oxygen atoms in total. The van der Waals surface area contributed by atoms with Crippen molar-refractivity contribution < 1.29 is 9.53 Å². The molecule has 0 bridgehead atoms. The number of halogens is 2. The molecule has 0 aliphatic carbocycles. The van der Waals surface area contributed by atoms with Crippen molar-refractivity contribution in [2.24, 2.45) is 0 Å². The first-order valence-corrected chi connectivity index (χ1v) is 7.90. The molecule has 21 heavy (non-hydrogen) atoms. The Bertz CT molecular complexity index is 715. The molecule has 0 unspecified atom stereocenters. The number of amides is 1. The number of ether oxygens (including phenoxy) is 1. The van der Waals surface area contributed by atoms with Gasteiger partial charge in [-0.3, -0.25) is 0 Å². The SMILES string of the molecule is CC1(C)COC(=O)N1c1nc(-c2ccc(Cl)cc2Cl)cs1. The van der Waals surface area contributed by atoms with Gasteiger partial charge in [0.25, 0.3) is 0 Å². The van der Waals surface area contributed by atoms with Crippen molar-refractivity contribution in [1.82, 2.24) is 4.98 Å². The van der Waals surface area contributed by atoms with Crippen molar-refractivity contribution in [1.29, 1.82) is 0 Å². The van der Waals surface area contributed by atoms with Gasteiger partial charge in [0, 0.05) is 16.0 Å². The summed E-state index contributed by atoms with van der Waals surface area (Å²) in [6.45, 7) is 4.23. The van der Waals surface area contributed by atoms with Crippen LogP contribution in [0.3, 0.4) is 0 Å². The molecule has 2 heterocycles. The van der Waals surface area contributed by atoms with Crippen LogP contribution in [0.25, 0.3) is 11.3 Å². The number of nitrogens with zero attached hydrogens (tertiary/aromatic N) is 2. The number of hydrogen-bond donors (Lipinski definition) is 0. The van der Waals surface area contributed by atoms with Crippen LogP contribution >= 0.6 is 34.5 Å². The van der Waals surface area contributed by atoms with Gasteiger partial charge in [-0.1, -0.05) is 23.2 Å². The molecule has 1 aliphatic rings. The smallest absolute Gasteiger partial charge is 0.416 e. The minimum absolute atomic E-state index is 0.350. The number of cyclic esters (lactones) is 1. The van der Waals surface area contributed by atoms with E-state index in [2.05, 4.69) is 4.98 Å². The van der Waals surface area contributed by atoms with Gasteiger partial charge >= 0.3 is 6.09 Å². The number of rotatable bonds is 2. The number of carbonyl (C=O) groups excluding carboxylic acids is 1. The van der Waals surface area contributed by atoms with Crippen LogP contribution in [-0.2, 0) is 4.74 Å². The molecule has 7 heteroatoms. The van der Waals surface area contributed by atoms with E-state index < -0.39 is 5.54 Å². The Labute approximate surface area is 136 Å². The van der Waals surface area contributed by atoms with Crippen molar-refractivity contribution >= 4 is 45.8 Å². The summed E-state index contributed by atoms with van der Waals surface area (Å²) < 4.78 is 5.10.